The molecule has 1 heterocycles. The fraction of sp³-hybridized carbons (Fsp3) is 0.100. The van der Waals surface area contributed by atoms with E-state index in [0.29, 0.717) is 11.0 Å². The predicted octanol–water partition coefficient (Wildman–Crippen LogP) is 2.77. The average molecular weight is 178 g/mol. The van der Waals surface area contributed by atoms with Gasteiger partial charge in [0.05, 0.1) is 11.8 Å². The summed E-state index contributed by atoms with van der Waals surface area (Å²) in [5.74, 6) is -0.794. The number of benzene rings is 1. The van der Waals surface area contributed by atoms with Crippen LogP contribution in [-0.2, 0) is 0 Å². The fourth-order valence-electron chi connectivity index (χ4n) is 1.25. The molecule has 1 aromatic carbocycles. The van der Waals surface area contributed by atoms with Crippen molar-refractivity contribution in [1.29, 1.82) is 0 Å². The minimum atomic E-state index is -0.499. The molecule has 3 heteroatoms. The Bertz CT molecular complexity index is 471. The van der Waals surface area contributed by atoms with Gasteiger partial charge in [-0.25, -0.2) is 4.39 Å². The smallest absolute Gasteiger partial charge is 0.162 e. The Kier molecular flexibility index (Phi) is 1.65. The van der Waals surface area contributed by atoms with Gasteiger partial charge in [0.1, 0.15) is 11.4 Å². The van der Waals surface area contributed by atoms with Crippen LogP contribution in [0.4, 0.5) is 4.39 Å². The molecule has 1 aromatic heterocycles. The van der Waals surface area contributed by atoms with E-state index in [1.165, 1.54) is 25.3 Å². The van der Waals surface area contributed by atoms with Crippen LogP contribution in [0.3, 0.4) is 0 Å². The van der Waals surface area contributed by atoms with E-state index < -0.39 is 5.82 Å². The highest BCUT2D eigenvalue weighted by Gasteiger charge is 2.09. The summed E-state index contributed by atoms with van der Waals surface area (Å²) in [4.78, 5) is 11.0. The molecule has 0 fully saturated rings. The van der Waals surface area contributed by atoms with Gasteiger partial charge in [0.25, 0.3) is 0 Å². The molecular formula is C10H7FO2. The maximum atomic E-state index is 13.2. The molecule has 0 N–H and O–H groups in total. The van der Waals surface area contributed by atoms with E-state index in [0.717, 1.165) is 0 Å². The Morgan fingerprint density at radius 3 is 2.92 bits per heavy atom. The van der Waals surface area contributed by atoms with Crippen molar-refractivity contribution >= 4 is 16.8 Å². The predicted molar refractivity (Wildman–Crippen MR) is 46.2 cm³/mol. The van der Waals surface area contributed by atoms with E-state index in [9.17, 15) is 9.18 Å². The number of hydrogen-bond donors (Lipinski definition) is 0. The highest BCUT2D eigenvalue weighted by molar-refractivity contribution is 5.97. The van der Waals surface area contributed by atoms with Gasteiger partial charge in [-0.15, -0.1) is 0 Å². The summed E-state index contributed by atoms with van der Waals surface area (Å²) in [6.07, 6.45) is 1.47. The summed E-state index contributed by atoms with van der Waals surface area (Å²) in [5, 5.41) is 0.669. The maximum Gasteiger partial charge on any atom is 0.162 e. The molecule has 0 radical (unpaired) electrons. The molecule has 0 saturated carbocycles. The van der Waals surface area contributed by atoms with Crippen LogP contribution >= 0.6 is 0 Å². The highest BCUT2D eigenvalue weighted by Crippen LogP contribution is 2.20. The van der Waals surface area contributed by atoms with Gasteiger partial charge in [-0.3, -0.25) is 4.79 Å². The first kappa shape index (κ1) is 7.98. The van der Waals surface area contributed by atoms with E-state index in [1.807, 2.05) is 0 Å². The van der Waals surface area contributed by atoms with Crippen molar-refractivity contribution < 1.29 is 13.6 Å². The SMILES string of the molecule is CC(=O)c1cc2occc2cc1F. The first-order valence-electron chi connectivity index (χ1n) is 3.86. The lowest BCUT2D eigenvalue weighted by molar-refractivity contribution is 0.101. The number of rotatable bonds is 1. The zero-order valence-corrected chi connectivity index (χ0v) is 7.00. The van der Waals surface area contributed by atoms with Crippen LogP contribution in [0, 0.1) is 5.82 Å². The first-order chi connectivity index (χ1) is 6.18. The molecule has 0 amide bonds. The van der Waals surface area contributed by atoms with Crippen molar-refractivity contribution in [3.8, 4) is 0 Å². The van der Waals surface area contributed by atoms with Gasteiger partial charge in [0, 0.05) is 5.39 Å². The molecule has 0 aliphatic carbocycles. The van der Waals surface area contributed by atoms with Crippen molar-refractivity contribution in [1.82, 2.24) is 0 Å². The molecule has 2 rings (SSSR count). The highest BCUT2D eigenvalue weighted by atomic mass is 19.1. The standard InChI is InChI=1S/C10H7FO2/c1-6(12)8-5-10-7(2-3-13-10)4-9(8)11/h2-5H,1H3. The Labute approximate surface area is 74.0 Å². The summed E-state index contributed by atoms with van der Waals surface area (Å²) < 4.78 is 18.2. The van der Waals surface area contributed by atoms with Gasteiger partial charge in [-0.2, -0.15) is 0 Å². The maximum absolute atomic E-state index is 13.2. The minimum absolute atomic E-state index is 0.0717. The van der Waals surface area contributed by atoms with Gasteiger partial charge in [0.15, 0.2) is 5.78 Å². The summed E-state index contributed by atoms with van der Waals surface area (Å²) >= 11 is 0. The number of furan rings is 1. The van der Waals surface area contributed by atoms with Crippen LogP contribution in [0.5, 0.6) is 0 Å². The number of hydrogen-bond acceptors (Lipinski definition) is 2. The average Bonchev–Trinajstić information content (AvgIpc) is 2.48. The van der Waals surface area contributed by atoms with E-state index in [4.69, 9.17) is 4.42 Å². The monoisotopic (exact) mass is 178 g/mol. The zero-order chi connectivity index (χ0) is 9.42. The van der Waals surface area contributed by atoms with Gasteiger partial charge < -0.3 is 4.42 Å². The fourth-order valence-corrected chi connectivity index (χ4v) is 1.25. The number of fused-ring (bicyclic) bond motifs is 1. The molecule has 0 aliphatic heterocycles. The van der Waals surface area contributed by atoms with E-state index >= 15 is 0 Å². The third-order valence-corrected chi connectivity index (χ3v) is 1.92. The van der Waals surface area contributed by atoms with Crippen molar-refractivity contribution in [2.45, 2.75) is 6.92 Å². The van der Waals surface area contributed by atoms with Crippen molar-refractivity contribution in [3.63, 3.8) is 0 Å². The molecule has 2 nitrogen and oxygen atoms in total. The molecule has 0 aliphatic rings. The lowest BCUT2D eigenvalue weighted by Crippen LogP contribution is -1.95. The van der Waals surface area contributed by atoms with Gasteiger partial charge >= 0.3 is 0 Å². The Balaban J connectivity index is 2.76. The topological polar surface area (TPSA) is 30.2 Å². The summed E-state index contributed by atoms with van der Waals surface area (Å²) in [7, 11) is 0. The van der Waals surface area contributed by atoms with Crippen LogP contribution in [0.25, 0.3) is 11.0 Å². The van der Waals surface area contributed by atoms with Gasteiger partial charge in [-0.1, -0.05) is 0 Å². The molecule has 0 atom stereocenters. The molecule has 2 aromatic rings. The second kappa shape index (κ2) is 2.69. The van der Waals surface area contributed by atoms with Gasteiger partial charge in [-0.05, 0) is 25.1 Å². The third kappa shape index (κ3) is 1.22. The third-order valence-electron chi connectivity index (χ3n) is 1.92. The number of carbonyl (C=O) groups is 1. The van der Waals surface area contributed by atoms with Crippen LogP contribution in [0.2, 0.25) is 0 Å². The largest absolute Gasteiger partial charge is 0.464 e. The Hall–Kier alpha value is -1.64. The van der Waals surface area contributed by atoms with E-state index in [2.05, 4.69) is 0 Å². The van der Waals surface area contributed by atoms with Crippen LogP contribution in [0.1, 0.15) is 17.3 Å². The van der Waals surface area contributed by atoms with Crippen LogP contribution in [0.15, 0.2) is 28.9 Å². The normalized spacial score (nSPS) is 10.6. The Morgan fingerprint density at radius 1 is 1.46 bits per heavy atom. The zero-order valence-electron chi connectivity index (χ0n) is 7.00. The van der Waals surface area contributed by atoms with E-state index in [1.54, 1.807) is 6.07 Å². The minimum Gasteiger partial charge on any atom is -0.464 e. The molecule has 0 unspecified atom stereocenters. The second-order valence-electron chi connectivity index (χ2n) is 2.85. The molecule has 66 valence electrons. The van der Waals surface area contributed by atoms with Crippen LogP contribution < -0.4 is 0 Å². The molecule has 0 saturated heterocycles. The molecule has 13 heavy (non-hydrogen) atoms. The van der Waals surface area contributed by atoms with Gasteiger partial charge in [0.2, 0.25) is 0 Å². The quantitative estimate of drug-likeness (QED) is 0.628. The molecule has 0 bridgehead atoms. The molecule has 0 spiro atoms. The van der Waals surface area contributed by atoms with Crippen molar-refractivity contribution in [3.05, 3.63) is 35.8 Å². The van der Waals surface area contributed by atoms with Crippen molar-refractivity contribution in [2.24, 2.45) is 0 Å². The number of Topliss-reactive ketones (excluding diaryl/α,β-unsaturated/α-hetero) is 1. The lowest BCUT2D eigenvalue weighted by Gasteiger charge is -1.97. The second-order valence-corrected chi connectivity index (χ2v) is 2.85. The van der Waals surface area contributed by atoms with Crippen LogP contribution in [-0.4, -0.2) is 5.78 Å². The summed E-state index contributed by atoms with van der Waals surface area (Å²) in [6.45, 7) is 1.33. The van der Waals surface area contributed by atoms with Crippen molar-refractivity contribution in [2.75, 3.05) is 0 Å². The number of halogens is 1. The first-order valence-corrected chi connectivity index (χ1v) is 3.86. The number of ketones is 1. The summed E-state index contributed by atoms with van der Waals surface area (Å²) in [6, 6.07) is 4.38. The summed E-state index contributed by atoms with van der Waals surface area (Å²) in [5.41, 5.74) is 0.606. The number of carbonyl (C=O) groups excluding carboxylic acids is 1. The lowest BCUT2D eigenvalue weighted by atomic mass is 10.1. The molecular weight excluding hydrogens is 171 g/mol. The Morgan fingerprint density at radius 2 is 2.23 bits per heavy atom. The van der Waals surface area contributed by atoms with E-state index in [-0.39, 0.29) is 11.3 Å².